The lowest BCUT2D eigenvalue weighted by Gasteiger charge is -2.07. The van der Waals surface area contributed by atoms with Crippen molar-refractivity contribution in [2.75, 3.05) is 7.05 Å². The largest absolute Gasteiger partial charge is 0.355 e. The van der Waals surface area contributed by atoms with E-state index in [0.29, 0.717) is 17.7 Å². The van der Waals surface area contributed by atoms with Gasteiger partial charge in [-0.05, 0) is 24.6 Å². The predicted molar refractivity (Wildman–Crippen MR) is 62.7 cm³/mol. The summed E-state index contributed by atoms with van der Waals surface area (Å²) in [7, 11) is 1.58. The molecule has 16 heavy (non-hydrogen) atoms. The summed E-state index contributed by atoms with van der Waals surface area (Å²) < 4.78 is 0. The first-order valence-electron chi connectivity index (χ1n) is 4.92. The monoisotopic (exact) mass is 218 g/mol. The van der Waals surface area contributed by atoms with Crippen LogP contribution >= 0.6 is 0 Å². The number of hydrogen-bond acceptors (Lipinski definition) is 2. The SMILES string of the molecule is C/C=C(\NC=O)c1cccc(C(=O)NC)c1. The van der Waals surface area contributed by atoms with E-state index in [1.165, 1.54) is 0 Å². The van der Waals surface area contributed by atoms with Crippen molar-refractivity contribution in [1.29, 1.82) is 0 Å². The molecule has 0 saturated carbocycles. The van der Waals surface area contributed by atoms with Gasteiger partial charge in [-0.25, -0.2) is 0 Å². The molecule has 84 valence electrons. The quantitative estimate of drug-likeness (QED) is 0.745. The molecule has 0 aliphatic rings. The van der Waals surface area contributed by atoms with E-state index in [-0.39, 0.29) is 5.91 Å². The van der Waals surface area contributed by atoms with Crippen LogP contribution in [0.5, 0.6) is 0 Å². The summed E-state index contributed by atoms with van der Waals surface area (Å²) in [6.45, 7) is 1.82. The molecular weight excluding hydrogens is 204 g/mol. The maximum Gasteiger partial charge on any atom is 0.251 e. The molecule has 0 atom stereocenters. The number of carbonyl (C=O) groups excluding carboxylic acids is 2. The lowest BCUT2D eigenvalue weighted by atomic mass is 10.1. The van der Waals surface area contributed by atoms with Crippen molar-refractivity contribution in [2.45, 2.75) is 6.92 Å². The van der Waals surface area contributed by atoms with Crippen molar-refractivity contribution in [3.05, 3.63) is 41.5 Å². The minimum absolute atomic E-state index is 0.150. The summed E-state index contributed by atoms with van der Waals surface area (Å²) in [5.41, 5.74) is 2.04. The molecule has 4 nitrogen and oxygen atoms in total. The van der Waals surface area contributed by atoms with E-state index < -0.39 is 0 Å². The molecular formula is C12H14N2O2. The smallest absolute Gasteiger partial charge is 0.251 e. The minimum atomic E-state index is -0.150. The van der Waals surface area contributed by atoms with E-state index in [2.05, 4.69) is 10.6 Å². The van der Waals surface area contributed by atoms with Crippen LogP contribution in [0.15, 0.2) is 30.3 Å². The number of carbonyl (C=O) groups is 2. The van der Waals surface area contributed by atoms with Crippen molar-refractivity contribution in [3.63, 3.8) is 0 Å². The molecule has 0 aliphatic carbocycles. The topological polar surface area (TPSA) is 58.2 Å². The van der Waals surface area contributed by atoms with Crippen LogP contribution in [0.4, 0.5) is 0 Å². The van der Waals surface area contributed by atoms with Gasteiger partial charge in [0.25, 0.3) is 5.91 Å². The van der Waals surface area contributed by atoms with Crippen molar-refractivity contribution in [2.24, 2.45) is 0 Å². The second-order valence-electron chi connectivity index (χ2n) is 3.12. The molecule has 1 aromatic carbocycles. The number of nitrogens with one attached hydrogen (secondary N) is 2. The summed E-state index contributed by atoms with van der Waals surface area (Å²) in [5.74, 6) is -0.150. The molecule has 0 heterocycles. The summed E-state index contributed by atoms with van der Waals surface area (Å²) >= 11 is 0. The molecule has 0 fully saturated rings. The van der Waals surface area contributed by atoms with Crippen molar-refractivity contribution >= 4 is 18.0 Å². The Morgan fingerprint density at radius 2 is 2.00 bits per heavy atom. The zero-order chi connectivity index (χ0) is 12.0. The van der Waals surface area contributed by atoms with Gasteiger partial charge in [-0.1, -0.05) is 18.2 Å². The zero-order valence-electron chi connectivity index (χ0n) is 9.28. The van der Waals surface area contributed by atoms with Crippen LogP contribution in [0.2, 0.25) is 0 Å². The van der Waals surface area contributed by atoms with Crippen molar-refractivity contribution in [1.82, 2.24) is 10.6 Å². The number of benzene rings is 1. The first kappa shape index (κ1) is 12.0. The first-order valence-corrected chi connectivity index (χ1v) is 4.92. The van der Waals surface area contributed by atoms with Crippen LogP contribution in [0.25, 0.3) is 5.70 Å². The average Bonchev–Trinajstić information content (AvgIpc) is 2.35. The van der Waals surface area contributed by atoms with Crippen LogP contribution in [0, 0.1) is 0 Å². The second kappa shape index (κ2) is 5.70. The highest BCUT2D eigenvalue weighted by Gasteiger charge is 2.05. The Hall–Kier alpha value is -2.10. The highest BCUT2D eigenvalue weighted by atomic mass is 16.1. The maximum absolute atomic E-state index is 11.4. The third-order valence-electron chi connectivity index (χ3n) is 2.17. The standard InChI is InChI=1S/C12H14N2O2/c1-3-11(14-8-15)9-5-4-6-10(7-9)12(16)13-2/h3-8H,1-2H3,(H,13,16)(H,14,15)/b11-3-. The minimum Gasteiger partial charge on any atom is -0.355 e. The Balaban J connectivity index is 3.06. The van der Waals surface area contributed by atoms with Gasteiger partial charge >= 0.3 is 0 Å². The predicted octanol–water partition coefficient (Wildman–Crippen LogP) is 1.15. The molecule has 0 aromatic heterocycles. The number of hydrogen-bond donors (Lipinski definition) is 2. The van der Waals surface area contributed by atoms with Crippen molar-refractivity contribution < 1.29 is 9.59 Å². The molecule has 2 amide bonds. The van der Waals surface area contributed by atoms with Gasteiger partial charge in [0.15, 0.2) is 0 Å². The molecule has 4 heteroatoms. The molecule has 1 aromatic rings. The Morgan fingerprint density at radius 3 is 2.56 bits per heavy atom. The van der Waals surface area contributed by atoms with Crippen LogP contribution in [-0.4, -0.2) is 19.4 Å². The lowest BCUT2D eigenvalue weighted by molar-refractivity contribution is -0.108. The highest BCUT2D eigenvalue weighted by molar-refractivity contribution is 5.95. The highest BCUT2D eigenvalue weighted by Crippen LogP contribution is 2.13. The zero-order valence-corrected chi connectivity index (χ0v) is 9.28. The van der Waals surface area contributed by atoms with E-state index in [4.69, 9.17) is 0 Å². The summed E-state index contributed by atoms with van der Waals surface area (Å²) in [4.78, 5) is 21.8. The van der Waals surface area contributed by atoms with Gasteiger partial charge in [-0.3, -0.25) is 9.59 Å². The Morgan fingerprint density at radius 1 is 1.31 bits per heavy atom. The molecule has 0 aliphatic heterocycles. The molecule has 1 rings (SSSR count). The van der Waals surface area contributed by atoms with Crippen LogP contribution in [-0.2, 0) is 4.79 Å². The van der Waals surface area contributed by atoms with Gasteiger partial charge in [0.2, 0.25) is 6.41 Å². The van der Waals surface area contributed by atoms with Crippen LogP contribution < -0.4 is 10.6 Å². The van der Waals surface area contributed by atoms with E-state index >= 15 is 0 Å². The van der Waals surface area contributed by atoms with E-state index in [0.717, 1.165) is 5.56 Å². The van der Waals surface area contributed by atoms with E-state index in [9.17, 15) is 9.59 Å². The van der Waals surface area contributed by atoms with Crippen molar-refractivity contribution in [3.8, 4) is 0 Å². The summed E-state index contributed by atoms with van der Waals surface area (Å²) in [5, 5.41) is 5.13. The Kier molecular flexibility index (Phi) is 4.27. The Labute approximate surface area is 94.4 Å². The lowest BCUT2D eigenvalue weighted by Crippen LogP contribution is -2.18. The van der Waals surface area contributed by atoms with Gasteiger partial charge in [0, 0.05) is 18.3 Å². The van der Waals surface area contributed by atoms with Gasteiger partial charge in [0.05, 0.1) is 0 Å². The summed E-state index contributed by atoms with van der Waals surface area (Å²) in [6.07, 6.45) is 2.39. The van der Waals surface area contributed by atoms with E-state index in [1.54, 1.807) is 31.3 Å². The fourth-order valence-corrected chi connectivity index (χ4v) is 1.37. The molecule has 0 bridgehead atoms. The number of allylic oxidation sites excluding steroid dienone is 1. The fourth-order valence-electron chi connectivity index (χ4n) is 1.37. The second-order valence-corrected chi connectivity index (χ2v) is 3.12. The van der Waals surface area contributed by atoms with Gasteiger partial charge in [-0.15, -0.1) is 0 Å². The van der Waals surface area contributed by atoms with Gasteiger partial charge in [-0.2, -0.15) is 0 Å². The third-order valence-corrected chi connectivity index (χ3v) is 2.17. The first-order chi connectivity index (χ1) is 7.72. The molecule has 2 N–H and O–H groups in total. The van der Waals surface area contributed by atoms with E-state index in [1.807, 2.05) is 13.0 Å². The van der Waals surface area contributed by atoms with Crippen LogP contribution in [0.3, 0.4) is 0 Å². The fraction of sp³-hybridized carbons (Fsp3) is 0.167. The summed E-state index contributed by atoms with van der Waals surface area (Å²) in [6, 6.07) is 7.05. The third kappa shape index (κ3) is 2.70. The maximum atomic E-state index is 11.4. The molecule has 0 radical (unpaired) electrons. The molecule has 0 unspecified atom stereocenters. The Bertz CT molecular complexity index is 425. The van der Waals surface area contributed by atoms with Gasteiger partial charge < -0.3 is 10.6 Å². The molecule has 0 saturated heterocycles. The van der Waals surface area contributed by atoms with Gasteiger partial charge in [0.1, 0.15) is 0 Å². The average molecular weight is 218 g/mol. The normalized spacial score (nSPS) is 10.8. The number of rotatable bonds is 4. The molecule has 0 spiro atoms. The van der Waals surface area contributed by atoms with Crippen LogP contribution in [0.1, 0.15) is 22.8 Å². The number of amides is 2.